The van der Waals surface area contributed by atoms with Crippen LogP contribution in [0.1, 0.15) is 0 Å². The molecule has 0 unspecified atom stereocenters. The summed E-state index contributed by atoms with van der Waals surface area (Å²) in [6.45, 7) is 0. The summed E-state index contributed by atoms with van der Waals surface area (Å²) in [6, 6.07) is 58.7. The van der Waals surface area contributed by atoms with Gasteiger partial charge in [-0.05, 0) is 60.2 Å². The first kappa shape index (κ1) is 28.9. The molecular formula is C36H30O4P2. The van der Waals surface area contributed by atoms with E-state index in [4.69, 9.17) is 13.6 Å². The third-order valence-corrected chi connectivity index (χ3v) is 9.67. The smallest absolute Gasteiger partial charge is 0.386 e. The molecule has 42 heavy (non-hydrogen) atoms. The van der Waals surface area contributed by atoms with Crippen LogP contribution in [0.4, 0.5) is 0 Å². The van der Waals surface area contributed by atoms with Crippen LogP contribution in [-0.2, 0) is 4.57 Å². The molecule has 0 radical (unpaired) electrons. The summed E-state index contributed by atoms with van der Waals surface area (Å²) < 4.78 is 29.6. The van der Waals surface area contributed by atoms with Crippen molar-refractivity contribution in [2.45, 2.75) is 0 Å². The first-order chi connectivity index (χ1) is 20.7. The van der Waals surface area contributed by atoms with Gasteiger partial charge in [-0.2, -0.15) is 4.57 Å². The molecule has 0 fully saturated rings. The highest BCUT2D eigenvalue weighted by Gasteiger charge is 2.33. The summed E-state index contributed by atoms with van der Waals surface area (Å²) in [6.07, 6.45) is 0. The van der Waals surface area contributed by atoms with E-state index in [9.17, 15) is 4.57 Å². The van der Waals surface area contributed by atoms with Crippen molar-refractivity contribution in [3.05, 3.63) is 182 Å². The van der Waals surface area contributed by atoms with Crippen molar-refractivity contribution in [1.82, 2.24) is 0 Å². The van der Waals surface area contributed by atoms with Gasteiger partial charge in [0.2, 0.25) is 0 Å². The van der Waals surface area contributed by atoms with Gasteiger partial charge in [-0.3, -0.25) is 0 Å². The molecule has 0 aliphatic rings. The highest BCUT2D eigenvalue weighted by atomic mass is 31.2. The predicted octanol–water partition coefficient (Wildman–Crippen LogP) is 8.78. The summed E-state index contributed by atoms with van der Waals surface area (Å²) in [5.74, 6) is 1.22. The van der Waals surface area contributed by atoms with E-state index >= 15 is 0 Å². The summed E-state index contributed by atoms with van der Waals surface area (Å²) in [5, 5.41) is 4.19. The third kappa shape index (κ3) is 8.44. The maximum absolute atomic E-state index is 13.1. The zero-order valence-corrected chi connectivity index (χ0v) is 24.6. The first-order valence-electron chi connectivity index (χ1n) is 13.5. The second-order valence-electron chi connectivity index (χ2n) is 9.00. The molecule has 0 saturated heterocycles. The van der Waals surface area contributed by atoms with E-state index in [1.165, 1.54) is 15.9 Å². The molecule has 208 valence electrons. The van der Waals surface area contributed by atoms with E-state index in [1.54, 1.807) is 72.8 Å². The van der Waals surface area contributed by atoms with E-state index in [0.717, 1.165) is 0 Å². The van der Waals surface area contributed by atoms with Gasteiger partial charge in [0.15, 0.2) is 0 Å². The average molecular weight is 589 g/mol. The second kappa shape index (κ2) is 14.8. The van der Waals surface area contributed by atoms with Crippen molar-refractivity contribution in [3.8, 4) is 17.2 Å². The van der Waals surface area contributed by atoms with Crippen LogP contribution in [0.5, 0.6) is 17.2 Å². The Morgan fingerprint density at radius 3 is 0.786 bits per heavy atom. The van der Waals surface area contributed by atoms with Gasteiger partial charge in [-0.15, -0.1) is 0 Å². The fourth-order valence-corrected chi connectivity index (χ4v) is 7.62. The molecule has 0 atom stereocenters. The Kier molecular flexibility index (Phi) is 10.2. The highest BCUT2D eigenvalue weighted by molar-refractivity contribution is 7.79. The van der Waals surface area contributed by atoms with Crippen molar-refractivity contribution in [1.29, 1.82) is 0 Å². The number of phosphoric acid groups is 1. The molecule has 0 spiro atoms. The van der Waals surface area contributed by atoms with E-state index in [2.05, 4.69) is 91.0 Å². The molecule has 0 heterocycles. The molecule has 0 N–H and O–H groups in total. The van der Waals surface area contributed by atoms with Crippen molar-refractivity contribution < 1.29 is 18.1 Å². The Hall–Kier alpha value is -4.62. The Morgan fingerprint density at radius 2 is 0.548 bits per heavy atom. The van der Waals surface area contributed by atoms with Crippen LogP contribution in [0.25, 0.3) is 0 Å². The number of hydrogen-bond acceptors (Lipinski definition) is 4. The van der Waals surface area contributed by atoms with E-state index in [-0.39, 0.29) is 0 Å². The standard InChI is InChI=1S/C18H15O4P.C18H15P/c19-23(20-16-10-4-1-5-11-16,21-17-12-6-2-7-13-17)22-18-14-8-3-9-15-18;1-4-10-16(11-5-1)19(17-12-6-2-7-13-17)18-14-8-3-9-15-18/h1-15H;1-15H. The van der Waals surface area contributed by atoms with Gasteiger partial charge in [0.05, 0.1) is 0 Å². The van der Waals surface area contributed by atoms with Crippen LogP contribution in [0.15, 0.2) is 182 Å². The molecule has 0 bridgehead atoms. The Balaban J connectivity index is 0.000000171. The van der Waals surface area contributed by atoms with Crippen LogP contribution >= 0.6 is 15.7 Å². The second-order valence-corrected chi connectivity index (χ2v) is 12.7. The molecule has 0 saturated carbocycles. The summed E-state index contributed by atoms with van der Waals surface area (Å²) in [4.78, 5) is 0. The van der Waals surface area contributed by atoms with E-state index in [0.29, 0.717) is 17.2 Å². The van der Waals surface area contributed by atoms with Gasteiger partial charge in [-0.1, -0.05) is 146 Å². The van der Waals surface area contributed by atoms with Gasteiger partial charge in [-0.25, -0.2) is 0 Å². The molecule has 0 amide bonds. The molecule has 6 heteroatoms. The highest BCUT2D eigenvalue weighted by Crippen LogP contribution is 2.49. The minimum Gasteiger partial charge on any atom is -0.386 e. The SMILES string of the molecule is O=P(Oc1ccccc1)(Oc1ccccc1)Oc1ccccc1.c1ccc(P(c2ccccc2)c2ccccc2)cc1. The lowest BCUT2D eigenvalue weighted by molar-refractivity contribution is 0.298. The predicted molar refractivity (Wildman–Crippen MR) is 174 cm³/mol. The molecule has 4 nitrogen and oxygen atoms in total. The summed E-state index contributed by atoms with van der Waals surface area (Å²) in [5.41, 5.74) is 0. The molecule has 6 rings (SSSR count). The number of benzene rings is 6. The maximum atomic E-state index is 13.1. The normalized spacial score (nSPS) is 10.7. The van der Waals surface area contributed by atoms with Gasteiger partial charge >= 0.3 is 7.82 Å². The quantitative estimate of drug-likeness (QED) is 0.158. The monoisotopic (exact) mass is 588 g/mol. The lowest BCUT2D eigenvalue weighted by Gasteiger charge is -2.19. The summed E-state index contributed by atoms with van der Waals surface area (Å²) in [7, 11) is -4.33. The minimum atomic E-state index is -3.89. The summed E-state index contributed by atoms with van der Waals surface area (Å²) >= 11 is 0. The zero-order valence-electron chi connectivity index (χ0n) is 22.8. The molecule has 0 aliphatic heterocycles. The van der Waals surface area contributed by atoms with Crippen LogP contribution in [0.2, 0.25) is 0 Å². The van der Waals surface area contributed by atoms with Gasteiger partial charge in [0, 0.05) is 0 Å². The molecular weight excluding hydrogens is 558 g/mol. The molecule has 0 aliphatic carbocycles. The van der Waals surface area contributed by atoms with Crippen molar-refractivity contribution in [2.24, 2.45) is 0 Å². The number of para-hydroxylation sites is 3. The minimum absolute atomic E-state index is 0.405. The number of hydrogen-bond donors (Lipinski definition) is 0. The van der Waals surface area contributed by atoms with Crippen molar-refractivity contribution in [3.63, 3.8) is 0 Å². The molecule has 6 aromatic carbocycles. The lowest BCUT2D eigenvalue weighted by atomic mass is 10.3. The van der Waals surface area contributed by atoms with Crippen molar-refractivity contribution in [2.75, 3.05) is 0 Å². The van der Waals surface area contributed by atoms with Crippen LogP contribution in [0, 0.1) is 0 Å². The Labute approximate surface area is 248 Å². The number of phosphoric ester groups is 1. The third-order valence-electron chi connectivity index (χ3n) is 5.92. The van der Waals surface area contributed by atoms with Gasteiger partial charge in [0.25, 0.3) is 0 Å². The maximum Gasteiger partial charge on any atom is 0.647 e. The molecule has 6 aromatic rings. The van der Waals surface area contributed by atoms with Gasteiger partial charge in [0.1, 0.15) is 17.2 Å². The van der Waals surface area contributed by atoms with E-state index < -0.39 is 15.7 Å². The van der Waals surface area contributed by atoms with Crippen LogP contribution < -0.4 is 29.5 Å². The van der Waals surface area contributed by atoms with Crippen LogP contribution in [0.3, 0.4) is 0 Å². The average Bonchev–Trinajstić information content (AvgIpc) is 3.04. The lowest BCUT2D eigenvalue weighted by Crippen LogP contribution is -2.20. The van der Waals surface area contributed by atoms with Crippen molar-refractivity contribution >= 4 is 31.7 Å². The largest absolute Gasteiger partial charge is 0.647 e. The van der Waals surface area contributed by atoms with E-state index in [1.807, 2.05) is 18.2 Å². The first-order valence-corrected chi connectivity index (χ1v) is 16.3. The fraction of sp³-hybridized carbons (Fsp3) is 0. The number of rotatable bonds is 9. The Morgan fingerprint density at radius 1 is 0.333 bits per heavy atom. The topological polar surface area (TPSA) is 44.8 Å². The zero-order chi connectivity index (χ0) is 28.9. The molecule has 0 aromatic heterocycles. The fourth-order valence-electron chi connectivity index (χ4n) is 4.07. The Bertz CT molecular complexity index is 1450. The van der Waals surface area contributed by atoms with Gasteiger partial charge < -0.3 is 13.6 Å². The van der Waals surface area contributed by atoms with Crippen LogP contribution in [-0.4, -0.2) is 0 Å².